The van der Waals surface area contributed by atoms with Crippen molar-refractivity contribution < 1.29 is 14.3 Å². The predicted octanol–water partition coefficient (Wildman–Crippen LogP) is 6.75. The third-order valence-electron chi connectivity index (χ3n) is 7.45. The van der Waals surface area contributed by atoms with Crippen LogP contribution < -0.4 is 9.47 Å². The number of aromatic amines is 1. The number of hydrogen-bond acceptors (Lipinski definition) is 3. The van der Waals surface area contributed by atoms with Crippen molar-refractivity contribution in [2.75, 3.05) is 13.3 Å². The molecule has 1 unspecified atom stereocenters. The molecule has 1 aromatic heterocycles. The number of H-pyrrole nitrogens is 1. The molecule has 5 nitrogen and oxygen atoms in total. The van der Waals surface area contributed by atoms with Crippen LogP contribution in [-0.4, -0.2) is 29.1 Å². The molecule has 7 rings (SSSR count). The van der Waals surface area contributed by atoms with Crippen LogP contribution in [0.4, 0.5) is 0 Å². The largest absolute Gasteiger partial charge is 0.454 e. The van der Waals surface area contributed by atoms with Gasteiger partial charge in [-0.05, 0) is 58.5 Å². The average molecular weight is 499 g/mol. The molecule has 0 saturated heterocycles. The van der Waals surface area contributed by atoms with Gasteiger partial charge in [0, 0.05) is 29.2 Å². The van der Waals surface area contributed by atoms with Crippen LogP contribution in [0.25, 0.3) is 28.1 Å². The summed E-state index contributed by atoms with van der Waals surface area (Å²) < 4.78 is 11.2. The Morgan fingerprint density at radius 2 is 1.63 bits per heavy atom. The average Bonchev–Trinajstić information content (AvgIpc) is 3.60. The summed E-state index contributed by atoms with van der Waals surface area (Å²) in [5.41, 5.74) is 7.72. The quantitative estimate of drug-likeness (QED) is 0.279. The molecule has 2 aliphatic heterocycles. The molecular weight excluding hydrogens is 472 g/mol. The van der Waals surface area contributed by atoms with E-state index in [1.165, 1.54) is 16.5 Å². The van der Waals surface area contributed by atoms with Crippen molar-refractivity contribution in [2.45, 2.75) is 12.5 Å². The minimum absolute atomic E-state index is 0.0224. The molecule has 1 N–H and O–H groups in total. The highest BCUT2D eigenvalue weighted by Gasteiger charge is 2.34. The SMILES string of the molecule is O=C(/C=C/c1ccccc1)N1CCc2c([nH]c3cc(-c4ccccc4)ccc23)C1c1ccc2c(c1)OCO2. The number of amides is 1. The third-order valence-corrected chi connectivity index (χ3v) is 7.45. The van der Waals surface area contributed by atoms with Gasteiger partial charge in [-0.2, -0.15) is 0 Å². The Labute approximate surface area is 220 Å². The molecule has 5 heteroatoms. The third kappa shape index (κ3) is 3.93. The van der Waals surface area contributed by atoms with Crippen LogP contribution in [0.3, 0.4) is 0 Å². The normalized spacial score (nSPS) is 16.2. The molecule has 0 bridgehead atoms. The smallest absolute Gasteiger partial charge is 0.247 e. The molecule has 186 valence electrons. The number of fused-ring (bicyclic) bond motifs is 4. The Hall–Kier alpha value is -4.77. The molecule has 4 aromatic carbocycles. The number of carbonyl (C=O) groups is 1. The highest BCUT2D eigenvalue weighted by atomic mass is 16.7. The van der Waals surface area contributed by atoms with Gasteiger partial charge in [0.25, 0.3) is 0 Å². The summed E-state index contributed by atoms with van der Waals surface area (Å²) in [6, 6.07) is 32.6. The first kappa shape index (κ1) is 22.4. The van der Waals surface area contributed by atoms with E-state index in [9.17, 15) is 4.79 Å². The van der Waals surface area contributed by atoms with Crippen LogP contribution in [0.1, 0.15) is 28.4 Å². The molecule has 1 amide bonds. The zero-order chi connectivity index (χ0) is 25.5. The molecule has 3 heterocycles. The summed E-state index contributed by atoms with van der Waals surface area (Å²) in [5.74, 6) is 1.42. The van der Waals surface area contributed by atoms with Crippen LogP contribution in [0.5, 0.6) is 11.5 Å². The van der Waals surface area contributed by atoms with E-state index >= 15 is 0 Å². The van der Waals surface area contributed by atoms with Crippen molar-refractivity contribution in [2.24, 2.45) is 0 Å². The van der Waals surface area contributed by atoms with E-state index in [-0.39, 0.29) is 18.7 Å². The lowest BCUT2D eigenvalue weighted by Crippen LogP contribution is -2.39. The van der Waals surface area contributed by atoms with E-state index in [1.54, 1.807) is 6.08 Å². The second kappa shape index (κ2) is 9.27. The summed E-state index contributed by atoms with van der Waals surface area (Å²) in [6.07, 6.45) is 4.34. The Kier molecular flexibility index (Phi) is 5.47. The minimum Gasteiger partial charge on any atom is -0.454 e. The highest BCUT2D eigenvalue weighted by Crippen LogP contribution is 2.42. The Balaban J connectivity index is 1.32. The standard InChI is InChI=1S/C33H26N2O3/c36-31(16-11-22-7-3-1-4-8-22)35-18-17-27-26-14-12-24(23-9-5-2-6-10-23)19-28(26)34-32(27)33(35)25-13-15-29-30(20-25)38-21-37-29/h1-16,19-20,33-34H,17-18,21H2/b16-11+. The maximum Gasteiger partial charge on any atom is 0.247 e. The van der Waals surface area contributed by atoms with Gasteiger partial charge in [-0.25, -0.2) is 0 Å². The summed E-state index contributed by atoms with van der Waals surface area (Å²) in [4.78, 5) is 19.3. The molecule has 0 radical (unpaired) electrons. The van der Waals surface area contributed by atoms with Crippen molar-refractivity contribution in [3.63, 3.8) is 0 Å². The van der Waals surface area contributed by atoms with Gasteiger partial charge < -0.3 is 19.4 Å². The Bertz CT molecular complexity index is 1670. The predicted molar refractivity (Wildman–Crippen MR) is 149 cm³/mol. The zero-order valence-electron chi connectivity index (χ0n) is 20.8. The van der Waals surface area contributed by atoms with Crippen molar-refractivity contribution in [3.05, 3.63) is 126 Å². The Morgan fingerprint density at radius 1 is 0.842 bits per heavy atom. The van der Waals surface area contributed by atoms with Crippen LogP contribution in [0.2, 0.25) is 0 Å². The lowest BCUT2D eigenvalue weighted by molar-refractivity contribution is -0.128. The molecule has 0 fully saturated rings. The molecule has 1 atom stereocenters. The lowest BCUT2D eigenvalue weighted by Gasteiger charge is -2.35. The van der Waals surface area contributed by atoms with Crippen molar-refractivity contribution in [1.82, 2.24) is 9.88 Å². The van der Waals surface area contributed by atoms with E-state index in [4.69, 9.17) is 9.47 Å². The van der Waals surface area contributed by atoms with E-state index < -0.39 is 0 Å². The fourth-order valence-electron chi connectivity index (χ4n) is 5.60. The van der Waals surface area contributed by atoms with E-state index in [0.717, 1.165) is 40.1 Å². The Morgan fingerprint density at radius 3 is 2.47 bits per heavy atom. The van der Waals surface area contributed by atoms with Crippen molar-refractivity contribution in [1.29, 1.82) is 0 Å². The van der Waals surface area contributed by atoms with Gasteiger partial charge in [-0.1, -0.05) is 78.9 Å². The number of rotatable bonds is 4. The minimum atomic E-state index is -0.270. The molecule has 0 spiro atoms. The molecule has 0 saturated carbocycles. The van der Waals surface area contributed by atoms with Gasteiger partial charge in [0.15, 0.2) is 11.5 Å². The zero-order valence-corrected chi connectivity index (χ0v) is 20.8. The van der Waals surface area contributed by atoms with Gasteiger partial charge in [0.1, 0.15) is 0 Å². The van der Waals surface area contributed by atoms with Gasteiger partial charge in [-0.15, -0.1) is 0 Å². The van der Waals surface area contributed by atoms with Gasteiger partial charge >= 0.3 is 0 Å². The molecule has 5 aromatic rings. The second-order valence-electron chi connectivity index (χ2n) is 9.68. The molecule has 0 aliphatic carbocycles. The van der Waals surface area contributed by atoms with Crippen molar-refractivity contribution >= 4 is 22.9 Å². The van der Waals surface area contributed by atoms with Crippen LogP contribution in [0.15, 0.2) is 103 Å². The second-order valence-corrected chi connectivity index (χ2v) is 9.68. The molecule has 38 heavy (non-hydrogen) atoms. The summed E-state index contributed by atoms with van der Waals surface area (Å²) in [5, 5.41) is 1.21. The van der Waals surface area contributed by atoms with E-state index in [1.807, 2.05) is 65.6 Å². The summed E-state index contributed by atoms with van der Waals surface area (Å²) in [7, 11) is 0. The van der Waals surface area contributed by atoms with Crippen molar-refractivity contribution in [3.8, 4) is 22.6 Å². The first-order valence-electron chi connectivity index (χ1n) is 12.9. The van der Waals surface area contributed by atoms with E-state index in [0.29, 0.717) is 12.3 Å². The summed E-state index contributed by atoms with van der Waals surface area (Å²) >= 11 is 0. The van der Waals surface area contributed by atoms with Gasteiger partial charge in [0.2, 0.25) is 12.7 Å². The van der Waals surface area contributed by atoms with Crippen LogP contribution in [-0.2, 0) is 11.2 Å². The molecule has 2 aliphatic rings. The summed E-state index contributed by atoms with van der Waals surface area (Å²) in [6.45, 7) is 0.837. The fourth-order valence-corrected chi connectivity index (χ4v) is 5.60. The first-order chi connectivity index (χ1) is 18.7. The first-order valence-corrected chi connectivity index (χ1v) is 12.9. The van der Waals surface area contributed by atoms with Crippen LogP contribution >= 0.6 is 0 Å². The lowest BCUT2D eigenvalue weighted by atomic mass is 9.91. The number of ether oxygens (including phenoxy) is 2. The highest BCUT2D eigenvalue weighted by molar-refractivity contribution is 5.94. The maximum atomic E-state index is 13.6. The molecular formula is C33H26N2O3. The topological polar surface area (TPSA) is 54.6 Å². The number of hydrogen-bond donors (Lipinski definition) is 1. The number of aromatic nitrogens is 1. The number of nitrogens with one attached hydrogen (secondary N) is 1. The maximum absolute atomic E-state index is 13.6. The number of benzene rings is 4. The van der Waals surface area contributed by atoms with Gasteiger partial charge in [0.05, 0.1) is 6.04 Å². The fraction of sp³-hybridized carbons (Fsp3) is 0.121. The number of carbonyl (C=O) groups excluding carboxylic acids is 1. The van der Waals surface area contributed by atoms with Gasteiger partial charge in [-0.3, -0.25) is 4.79 Å². The van der Waals surface area contributed by atoms with Crippen LogP contribution in [0, 0.1) is 0 Å². The van der Waals surface area contributed by atoms with E-state index in [2.05, 4.69) is 47.4 Å². The monoisotopic (exact) mass is 498 g/mol. The number of nitrogens with zero attached hydrogens (tertiary/aromatic N) is 1.